The molecule has 3 saturated carbocycles. The first-order valence-corrected chi connectivity index (χ1v) is 6.31. The molecule has 4 fully saturated rings. The predicted octanol–water partition coefficient (Wildman–Crippen LogP) is 2.76. The first kappa shape index (κ1) is 9.21. The zero-order valence-corrected chi connectivity index (χ0v) is 9.79. The average molecular weight is 193 g/mol. The standard InChI is InChI=1S/C13H23N/c1-9(2)12-4-11(8-14(12)3)13-5-10(6-13)7-13/h9-12H,4-8H2,1-3H3. The van der Waals surface area contributed by atoms with Gasteiger partial charge in [-0.05, 0) is 55.9 Å². The average Bonchev–Trinajstić information content (AvgIpc) is 2.24. The molecule has 0 aromatic rings. The molecule has 0 spiro atoms. The molecule has 0 amide bonds. The Morgan fingerprint density at radius 3 is 2.21 bits per heavy atom. The summed E-state index contributed by atoms with van der Waals surface area (Å²) in [6, 6.07) is 0.869. The first-order valence-electron chi connectivity index (χ1n) is 6.31. The normalized spacial score (nSPS) is 51.9. The van der Waals surface area contributed by atoms with Gasteiger partial charge in [-0.25, -0.2) is 0 Å². The summed E-state index contributed by atoms with van der Waals surface area (Å²) in [5, 5.41) is 0. The molecule has 0 N–H and O–H groups in total. The summed E-state index contributed by atoms with van der Waals surface area (Å²) in [6.07, 6.45) is 6.23. The van der Waals surface area contributed by atoms with E-state index in [1.807, 2.05) is 0 Å². The lowest BCUT2D eigenvalue weighted by Gasteiger charge is -2.65. The van der Waals surface area contributed by atoms with Crippen LogP contribution in [0.2, 0.25) is 0 Å². The number of rotatable bonds is 2. The minimum Gasteiger partial charge on any atom is -0.303 e. The van der Waals surface area contributed by atoms with Crippen LogP contribution in [-0.4, -0.2) is 24.5 Å². The number of hydrogen-bond donors (Lipinski definition) is 0. The van der Waals surface area contributed by atoms with E-state index in [2.05, 4.69) is 25.8 Å². The minimum absolute atomic E-state index is 0.845. The number of hydrogen-bond acceptors (Lipinski definition) is 1. The van der Waals surface area contributed by atoms with Gasteiger partial charge in [0.15, 0.2) is 0 Å². The highest BCUT2D eigenvalue weighted by Crippen LogP contribution is 2.69. The monoisotopic (exact) mass is 193 g/mol. The highest BCUT2D eigenvalue weighted by Gasteiger charge is 2.61. The fraction of sp³-hybridized carbons (Fsp3) is 1.00. The topological polar surface area (TPSA) is 3.24 Å². The Balaban J connectivity index is 1.68. The summed E-state index contributed by atoms with van der Waals surface area (Å²) >= 11 is 0. The van der Waals surface area contributed by atoms with Crippen molar-refractivity contribution in [3.05, 3.63) is 0 Å². The van der Waals surface area contributed by atoms with Crippen LogP contribution >= 0.6 is 0 Å². The molecule has 3 aliphatic carbocycles. The lowest BCUT2D eigenvalue weighted by atomic mass is 9.40. The van der Waals surface area contributed by atoms with Gasteiger partial charge in [-0.2, -0.15) is 0 Å². The van der Waals surface area contributed by atoms with Gasteiger partial charge in [0.1, 0.15) is 0 Å². The van der Waals surface area contributed by atoms with E-state index in [0.717, 1.165) is 29.2 Å². The van der Waals surface area contributed by atoms with Crippen molar-refractivity contribution in [2.45, 2.75) is 45.6 Å². The summed E-state index contributed by atoms with van der Waals surface area (Å²) in [5.41, 5.74) is 0.850. The largest absolute Gasteiger partial charge is 0.303 e. The Labute approximate surface area is 87.9 Å². The van der Waals surface area contributed by atoms with Crippen molar-refractivity contribution in [2.75, 3.05) is 13.6 Å². The Morgan fingerprint density at radius 2 is 1.86 bits per heavy atom. The Morgan fingerprint density at radius 1 is 1.21 bits per heavy atom. The highest BCUT2D eigenvalue weighted by molar-refractivity contribution is 5.12. The maximum atomic E-state index is 2.62. The van der Waals surface area contributed by atoms with Crippen LogP contribution in [0, 0.1) is 23.2 Å². The molecule has 0 radical (unpaired) electrons. The van der Waals surface area contributed by atoms with E-state index in [9.17, 15) is 0 Å². The first-order chi connectivity index (χ1) is 6.61. The second kappa shape index (κ2) is 2.75. The van der Waals surface area contributed by atoms with Crippen LogP contribution in [0.4, 0.5) is 0 Å². The molecule has 1 heterocycles. The van der Waals surface area contributed by atoms with Crippen LogP contribution in [0.3, 0.4) is 0 Å². The van der Waals surface area contributed by atoms with E-state index >= 15 is 0 Å². The zero-order chi connectivity index (χ0) is 9.92. The van der Waals surface area contributed by atoms with E-state index in [1.165, 1.54) is 13.0 Å². The maximum absolute atomic E-state index is 2.62. The Hall–Kier alpha value is -0.0400. The van der Waals surface area contributed by atoms with Crippen molar-refractivity contribution < 1.29 is 0 Å². The summed E-state index contributed by atoms with van der Waals surface area (Å²) < 4.78 is 0. The van der Waals surface area contributed by atoms with Crippen LogP contribution < -0.4 is 0 Å². The van der Waals surface area contributed by atoms with Crippen molar-refractivity contribution in [3.8, 4) is 0 Å². The van der Waals surface area contributed by atoms with Gasteiger partial charge < -0.3 is 4.90 Å². The third kappa shape index (κ3) is 1.05. The summed E-state index contributed by atoms with van der Waals surface area (Å²) in [4.78, 5) is 2.62. The van der Waals surface area contributed by atoms with Crippen molar-refractivity contribution in [3.63, 3.8) is 0 Å². The molecule has 2 unspecified atom stereocenters. The third-order valence-corrected chi connectivity index (χ3v) is 5.32. The fourth-order valence-electron chi connectivity index (χ4n) is 4.30. The van der Waals surface area contributed by atoms with Gasteiger partial charge in [0, 0.05) is 12.6 Å². The quantitative estimate of drug-likeness (QED) is 0.652. The molecule has 2 atom stereocenters. The molecule has 2 bridgehead atoms. The molecule has 1 nitrogen and oxygen atoms in total. The van der Waals surface area contributed by atoms with Gasteiger partial charge in [-0.3, -0.25) is 0 Å². The Bertz CT molecular complexity index is 229. The van der Waals surface area contributed by atoms with E-state index in [1.54, 1.807) is 19.3 Å². The summed E-state index contributed by atoms with van der Waals surface area (Å²) in [5.74, 6) is 3.04. The number of nitrogens with zero attached hydrogens (tertiary/aromatic N) is 1. The SMILES string of the molecule is CC(C)C1CC(C23CC(C2)C3)CN1C. The van der Waals surface area contributed by atoms with Gasteiger partial charge in [0.05, 0.1) is 0 Å². The van der Waals surface area contributed by atoms with E-state index < -0.39 is 0 Å². The van der Waals surface area contributed by atoms with Crippen molar-refractivity contribution in [2.24, 2.45) is 23.2 Å². The third-order valence-electron chi connectivity index (χ3n) is 5.32. The molecular weight excluding hydrogens is 170 g/mol. The molecule has 1 saturated heterocycles. The van der Waals surface area contributed by atoms with Gasteiger partial charge in [-0.15, -0.1) is 0 Å². The zero-order valence-electron chi connectivity index (χ0n) is 9.79. The molecule has 0 aromatic heterocycles. The van der Waals surface area contributed by atoms with Crippen molar-refractivity contribution in [1.82, 2.24) is 4.90 Å². The molecular formula is C13H23N. The van der Waals surface area contributed by atoms with Gasteiger partial charge >= 0.3 is 0 Å². The van der Waals surface area contributed by atoms with Crippen molar-refractivity contribution in [1.29, 1.82) is 0 Å². The molecule has 80 valence electrons. The lowest BCUT2D eigenvalue weighted by molar-refractivity contribution is -0.147. The second-order valence-electron chi connectivity index (χ2n) is 6.52. The minimum atomic E-state index is 0.845. The molecule has 4 rings (SSSR count). The summed E-state index contributed by atoms with van der Waals surface area (Å²) in [7, 11) is 2.33. The number of likely N-dealkylation sites (tertiary alicyclic amines) is 1. The fourth-order valence-corrected chi connectivity index (χ4v) is 4.30. The molecule has 4 aliphatic rings. The Kier molecular flexibility index (Phi) is 1.81. The van der Waals surface area contributed by atoms with Crippen LogP contribution in [-0.2, 0) is 0 Å². The molecule has 0 aromatic carbocycles. The summed E-state index contributed by atoms with van der Waals surface area (Å²) in [6.45, 7) is 6.15. The van der Waals surface area contributed by atoms with Crippen LogP contribution in [0.15, 0.2) is 0 Å². The second-order valence-corrected chi connectivity index (χ2v) is 6.52. The smallest absolute Gasteiger partial charge is 0.0119 e. The van der Waals surface area contributed by atoms with Crippen LogP contribution in [0.1, 0.15) is 39.5 Å². The maximum Gasteiger partial charge on any atom is 0.0119 e. The van der Waals surface area contributed by atoms with Gasteiger partial charge in [-0.1, -0.05) is 13.8 Å². The van der Waals surface area contributed by atoms with Crippen molar-refractivity contribution >= 4 is 0 Å². The van der Waals surface area contributed by atoms with E-state index in [0.29, 0.717) is 0 Å². The predicted molar refractivity (Wildman–Crippen MR) is 59.1 cm³/mol. The lowest BCUT2D eigenvalue weighted by Crippen LogP contribution is -2.56. The molecule has 1 aliphatic heterocycles. The van der Waals surface area contributed by atoms with E-state index in [-0.39, 0.29) is 0 Å². The molecule has 14 heavy (non-hydrogen) atoms. The molecule has 1 heteroatoms. The van der Waals surface area contributed by atoms with E-state index in [4.69, 9.17) is 0 Å². The van der Waals surface area contributed by atoms with Gasteiger partial charge in [0.2, 0.25) is 0 Å². The van der Waals surface area contributed by atoms with Crippen LogP contribution in [0.25, 0.3) is 0 Å². The van der Waals surface area contributed by atoms with Crippen LogP contribution in [0.5, 0.6) is 0 Å². The van der Waals surface area contributed by atoms with Gasteiger partial charge in [0.25, 0.3) is 0 Å². The highest BCUT2D eigenvalue weighted by atomic mass is 15.2.